The number of carbonyl (C=O) groups excluding carboxylic acids is 1. The summed E-state index contributed by atoms with van der Waals surface area (Å²) >= 11 is 0. The minimum absolute atomic E-state index is 0.0104. The zero-order chi connectivity index (χ0) is 25.8. The van der Waals surface area contributed by atoms with E-state index in [2.05, 4.69) is 54.5 Å². The van der Waals surface area contributed by atoms with Crippen LogP contribution in [0.5, 0.6) is 0 Å². The molecular weight excluding hydrogens is 424 g/mol. The summed E-state index contributed by atoms with van der Waals surface area (Å²) in [4.78, 5) is 25.4. The number of unbranched alkanes of at least 4 members (excludes halogenated alkanes) is 9. The SMILES string of the molecule is CCCCCCCCCCCCOC(=O)C1CC(CC(C)(C)C)=CC(CC(C)(C)C)C1C(=O)O. The average Bonchev–Trinajstić information content (AvgIpc) is 2.68. The maximum absolute atomic E-state index is 13.1. The molecule has 198 valence electrons. The highest BCUT2D eigenvalue weighted by Gasteiger charge is 2.44. The quantitative estimate of drug-likeness (QED) is 0.145. The number of carboxylic acids is 1. The molecule has 0 aromatic heterocycles. The normalized spacial score (nSPS) is 21.3. The number of carbonyl (C=O) groups is 2. The fourth-order valence-electron chi connectivity index (χ4n) is 5.34. The molecule has 4 heteroatoms. The number of aliphatic carboxylic acids is 1. The summed E-state index contributed by atoms with van der Waals surface area (Å²) in [7, 11) is 0. The molecule has 0 bridgehead atoms. The molecule has 3 unspecified atom stereocenters. The van der Waals surface area contributed by atoms with Gasteiger partial charge in [0.05, 0.1) is 18.4 Å². The summed E-state index contributed by atoms with van der Waals surface area (Å²) in [6, 6.07) is 0. The summed E-state index contributed by atoms with van der Waals surface area (Å²) in [6.45, 7) is 15.6. The van der Waals surface area contributed by atoms with Crippen LogP contribution in [0.15, 0.2) is 11.6 Å². The van der Waals surface area contributed by atoms with E-state index in [0.29, 0.717) is 13.0 Å². The second-order valence-corrected chi connectivity index (χ2v) is 13.0. The summed E-state index contributed by atoms with van der Waals surface area (Å²) < 4.78 is 5.66. The summed E-state index contributed by atoms with van der Waals surface area (Å²) in [5.74, 6) is -2.63. The number of rotatable bonds is 15. The number of carboxylic acid groups (broad SMARTS) is 1. The lowest BCUT2D eigenvalue weighted by Gasteiger charge is -2.37. The van der Waals surface area contributed by atoms with E-state index in [9.17, 15) is 14.7 Å². The van der Waals surface area contributed by atoms with Gasteiger partial charge in [-0.2, -0.15) is 0 Å². The molecule has 0 aromatic rings. The third-order valence-electron chi connectivity index (χ3n) is 6.76. The van der Waals surface area contributed by atoms with Crippen molar-refractivity contribution in [3.05, 3.63) is 11.6 Å². The summed E-state index contributed by atoms with van der Waals surface area (Å²) in [5, 5.41) is 10.1. The molecule has 1 N–H and O–H groups in total. The second-order valence-electron chi connectivity index (χ2n) is 13.0. The maximum atomic E-state index is 13.1. The van der Waals surface area contributed by atoms with Gasteiger partial charge < -0.3 is 9.84 Å². The molecule has 0 aliphatic heterocycles. The smallest absolute Gasteiger partial charge is 0.310 e. The van der Waals surface area contributed by atoms with Crippen molar-refractivity contribution >= 4 is 11.9 Å². The van der Waals surface area contributed by atoms with Crippen LogP contribution >= 0.6 is 0 Å². The van der Waals surface area contributed by atoms with Crippen molar-refractivity contribution in [2.75, 3.05) is 6.61 Å². The van der Waals surface area contributed by atoms with Crippen molar-refractivity contribution in [1.82, 2.24) is 0 Å². The van der Waals surface area contributed by atoms with Crippen LogP contribution in [0.25, 0.3) is 0 Å². The molecule has 1 rings (SSSR count). The van der Waals surface area contributed by atoms with E-state index in [1.54, 1.807) is 0 Å². The van der Waals surface area contributed by atoms with Crippen molar-refractivity contribution in [2.24, 2.45) is 28.6 Å². The first-order valence-electron chi connectivity index (χ1n) is 13.9. The number of ether oxygens (including phenoxy) is 1. The first kappa shape index (κ1) is 30.7. The van der Waals surface area contributed by atoms with Gasteiger partial charge in [-0.25, -0.2) is 0 Å². The van der Waals surface area contributed by atoms with E-state index in [-0.39, 0.29) is 22.7 Å². The molecule has 0 amide bonds. The monoisotopic (exact) mass is 478 g/mol. The summed E-state index contributed by atoms with van der Waals surface area (Å²) in [5.41, 5.74) is 1.29. The average molecular weight is 479 g/mol. The second kappa shape index (κ2) is 14.9. The molecule has 0 saturated carbocycles. The Morgan fingerprint density at radius 3 is 1.88 bits per heavy atom. The molecule has 0 spiro atoms. The van der Waals surface area contributed by atoms with Gasteiger partial charge in [-0.3, -0.25) is 9.59 Å². The topological polar surface area (TPSA) is 63.6 Å². The Morgan fingerprint density at radius 2 is 1.41 bits per heavy atom. The van der Waals surface area contributed by atoms with E-state index in [1.165, 1.54) is 56.9 Å². The molecule has 34 heavy (non-hydrogen) atoms. The van der Waals surface area contributed by atoms with Crippen LogP contribution in [0.2, 0.25) is 0 Å². The molecule has 3 atom stereocenters. The number of allylic oxidation sites excluding steroid dienone is 2. The highest BCUT2D eigenvalue weighted by atomic mass is 16.5. The van der Waals surface area contributed by atoms with E-state index in [0.717, 1.165) is 25.7 Å². The zero-order valence-electron chi connectivity index (χ0n) is 23.4. The van der Waals surface area contributed by atoms with Gasteiger partial charge >= 0.3 is 11.9 Å². The number of esters is 1. The Morgan fingerprint density at radius 1 is 0.882 bits per heavy atom. The Kier molecular flexibility index (Phi) is 13.5. The van der Waals surface area contributed by atoms with Crippen LogP contribution in [0.1, 0.15) is 132 Å². The van der Waals surface area contributed by atoms with Gasteiger partial charge in [-0.05, 0) is 42.4 Å². The van der Waals surface area contributed by atoms with Crippen molar-refractivity contribution in [1.29, 1.82) is 0 Å². The lowest BCUT2D eigenvalue weighted by Crippen LogP contribution is -2.40. The van der Waals surface area contributed by atoms with Crippen LogP contribution in [-0.2, 0) is 14.3 Å². The fourth-order valence-corrected chi connectivity index (χ4v) is 5.34. The molecule has 0 radical (unpaired) electrons. The molecule has 1 aliphatic rings. The molecular formula is C30H54O4. The number of hydrogen-bond acceptors (Lipinski definition) is 3. The van der Waals surface area contributed by atoms with Crippen LogP contribution in [0.4, 0.5) is 0 Å². The standard InChI is InChI=1S/C30H54O4/c1-8-9-10-11-12-13-14-15-16-17-18-34-28(33)25-20-23(21-29(2,3)4)19-24(22-30(5,6)7)26(25)27(31)32/h19,24-26H,8-18,20-22H2,1-7H3,(H,31,32). The van der Waals surface area contributed by atoms with Gasteiger partial charge in [0.25, 0.3) is 0 Å². The maximum Gasteiger partial charge on any atom is 0.310 e. The lowest BCUT2D eigenvalue weighted by molar-refractivity contribution is -0.160. The van der Waals surface area contributed by atoms with Crippen molar-refractivity contribution in [3.8, 4) is 0 Å². The highest BCUT2D eigenvalue weighted by Crippen LogP contribution is 2.43. The third kappa shape index (κ3) is 13.0. The van der Waals surface area contributed by atoms with E-state index >= 15 is 0 Å². The fraction of sp³-hybridized carbons (Fsp3) is 0.867. The zero-order valence-corrected chi connectivity index (χ0v) is 23.4. The van der Waals surface area contributed by atoms with E-state index < -0.39 is 17.8 Å². The number of hydrogen-bond donors (Lipinski definition) is 1. The van der Waals surface area contributed by atoms with Gasteiger partial charge in [-0.15, -0.1) is 0 Å². The van der Waals surface area contributed by atoms with Gasteiger partial charge in [0.2, 0.25) is 0 Å². The third-order valence-corrected chi connectivity index (χ3v) is 6.76. The molecule has 0 aromatic carbocycles. The first-order valence-corrected chi connectivity index (χ1v) is 13.9. The molecule has 1 aliphatic carbocycles. The van der Waals surface area contributed by atoms with Gasteiger partial charge in [-0.1, -0.05) is 118 Å². The lowest BCUT2D eigenvalue weighted by atomic mass is 9.66. The minimum Gasteiger partial charge on any atom is -0.481 e. The Bertz CT molecular complexity index is 635. The summed E-state index contributed by atoms with van der Waals surface area (Å²) in [6.07, 6.45) is 16.6. The molecule has 0 heterocycles. The van der Waals surface area contributed by atoms with Crippen LogP contribution in [0.3, 0.4) is 0 Å². The Labute approximate surface area is 210 Å². The Hall–Kier alpha value is -1.32. The van der Waals surface area contributed by atoms with Gasteiger partial charge in [0.15, 0.2) is 0 Å². The molecule has 0 fully saturated rings. The molecule has 0 saturated heterocycles. The predicted molar refractivity (Wildman–Crippen MR) is 142 cm³/mol. The van der Waals surface area contributed by atoms with Crippen LogP contribution in [-0.4, -0.2) is 23.7 Å². The van der Waals surface area contributed by atoms with E-state index in [1.807, 2.05) is 0 Å². The molecule has 4 nitrogen and oxygen atoms in total. The predicted octanol–water partition coefficient (Wildman–Crippen LogP) is 8.59. The van der Waals surface area contributed by atoms with Crippen molar-refractivity contribution in [3.63, 3.8) is 0 Å². The van der Waals surface area contributed by atoms with Crippen molar-refractivity contribution < 1.29 is 19.4 Å². The Balaban J connectivity index is 2.61. The largest absolute Gasteiger partial charge is 0.481 e. The minimum atomic E-state index is -0.874. The van der Waals surface area contributed by atoms with Gasteiger partial charge in [0, 0.05) is 0 Å². The first-order chi connectivity index (χ1) is 15.8. The van der Waals surface area contributed by atoms with Gasteiger partial charge in [0.1, 0.15) is 0 Å². The van der Waals surface area contributed by atoms with Crippen LogP contribution in [0, 0.1) is 28.6 Å². The van der Waals surface area contributed by atoms with Crippen molar-refractivity contribution in [2.45, 2.75) is 132 Å². The highest BCUT2D eigenvalue weighted by molar-refractivity contribution is 5.82. The van der Waals surface area contributed by atoms with E-state index in [4.69, 9.17) is 4.74 Å². The van der Waals surface area contributed by atoms with Crippen LogP contribution < -0.4 is 0 Å².